The van der Waals surface area contributed by atoms with Crippen LogP contribution >= 0.6 is 0 Å². The van der Waals surface area contributed by atoms with Gasteiger partial charge in [0.1, 0.15) is 5.82 Å². The van der Waals surface area contributed by atoms with Crippen molar-refractivity contribution >= 4 is 17.7 Å². The van der Waals surface area contributed by atoms with E-state index < -0.39 is 23.4 Å². The van der Waals surface area contributed by atoms with Gasteiger partial charge in [0.2, 0.25) is 0 Å². The van der Waals surface area contributed by atoms with Crippen molar-refractivity contribution in [3.05, 3.63) is 29.6 Å². The van der Waals surface area contributed by atoms with Crippen LogP contribution in [0.4, 0.5) is 14.9 Å². The van der Waals surface area contributed by atoms with Gasteiger partial charge in [-0.05, 0) is 32.0 Å². The molecule has 1 aromatic rings. The number of ether oxygens (including phenoxy) is 1. The van der Waals surface area contributed by atoms with E-state index in [9.17, 15) is 14.0 Å². The van der Waals surface area contributed by atoms with Crippen LogP contribution in [0.3, 0.4) is 0 Å². The molecule has 6 nitrogen and oxygen atoms in total. The fourth-order valence-corrected chi connectivity index (χ4v) is 1.40. The fourth-order valence-electron chi connectivity index (χ4n) is 1.40. The van der Waals surface area contributed by atoms with Gasteiger partial charge < -0.3 is 20.5 Å². The molecule has 0 aliphatic rings. The molecule has 0 radical (unpaired) electrons. The minimum Gasteiger partial charge on any atom is -0.478 e. The Balaban J connectivity index is 2.46. The van der Waals surface area contributed by atoms with Gasteiger partial charge in [-0.1, -0.05) is 0 Å². The highest BCUT2D eigenvalue weighted by Crippen LogP contribution is 2.14. The molecule has 0 aromatic heterocycles. The second kappa shape index (κ2) is 7.44. The summed E-state index contributed by atoms with van der Waals surface area (Å²) in [6.45, 7) is 4.46. The normalized spacial score (nSPS) is 10.4. The van der Waals surface area contributed by atoms with Gasteiger partial charge in [-0.15, -0.1) is 0 Å². The highest BCUT2D eigenvalue weighted by atomic mass is 19.1. The van der Waals surface area contributed by atoms with E-state index in [-0.39, 0.29) is 11.8 Å². The molecule has 0 unspecified atom stereocenters. The number of carboxylic acid groups (broad SMARTS) is 1. The molecule has 1 aromatic carbocycles. The van der Waals surface area contributed by atoms with Gasteiger partial charge in [0.15, 0.2) is 0 Å². The fraction of sp³-hybridized carbons (Fsp3) is 0.385. The van der Waals surface area contributed by atoms with Gasteiger partial charge in [0, 0.05) is 12.2 Å². The molecular formula is C13H17FN2O4. The lowest BCUT2D eigenvalue weighted by Gasteiger charge is -2.10. The third-order valence-corrected chi connectivity index (χ3v) is 2.30. The number of carbonyl (C=O) groups is 2. The lowest BCUT2D eigenvalue weighted by atomic mass is 10.2. The summed E-state index contributed by atoms with van der Waals surface area (Å²) in [6.07, 6.45) is 0.0810. The van der Waals surface area contributed by atoms with Crippen molar-refractivity contribution in [1.29, 1.82) is 0 Å². The van der Waals surface area contributed by atoms with Crippen molar-refractivity contribution in [2.75, 3.05) is 18.5 Å². The topological polar surface area (TPSA) is 87.7 Å². The number of rotatable bonds is 6. The number of carbonyl (C=O) groups excluding carboxylic acids is 1. The van der Waals surface area contributed by atoms with E-state index in [1.807, 2.05) is 13.8 Å². The largest absolute Gasteiger partial charge is 0.478 e. The van der Waals surface area contributed by atoms with Crippen LogP contribution in [0.15, 0.2) is 18.2 Å². The van der Waals surface area contributed by atoms with Crippen molar-refractivity contribution in [2.24, 2.45) is 0 Å². The quantitative estimate of drug-likeness (QED) is 0.698. The molecule has 2 amide bonds. The first-order valence-corrected chi connectivity index (χ1v) is 6.09. The molecule has 1 rings (SSSR count). The first-order valence-electron chi connectivity index (χ1n) is 6.09. The molecule has 0 heterocycles. The van der Waals surface area contributed by atoms with Gasteiger partial charge >= 0.3 is 12.0 Å². The van der Waals surface area contributed by atoms with E-state index in [1.54, 1.807) is 0 Å². The third-order valence-electron chi connectivity index (χ3n) is 2.30. The van der Waals surface area contributed by atoms with Gasteiger partial charge in [0.05, 0.1) is 18.3 Å². The van der Waals surface area contributed by atoms with Crippen LogP contribution in [0, 0.1) is 5.82 Å². The number of carboxylic acids is 1. The zero-order chi connectivity index (χ0) is 15.1. The summed E-state index contributed by atoms with van der Waals surface area (Å²) < 4.78 is 18.6. The molecule has 3 N–H and O–H groups in total. The second-order valence-electron chi connectivity index (χ2n) is 4.30. The zero-order valence-corrected chi connectivity index (χ0v) is 11.3. The molecule has 110 valence electrons. The highest BCUT2D eigenvalue weighted by Gasteiger charge is 2.11. The Morgan fingerprint density at radius 1 is 1.40 bits per heavy atom. The summed E-state index contributed by atoms with van der Waals surface area (Å²) in [4.78, 5) is 22.1. The summed E-state index contributed by atoms with van der Waals surface area (Å²) in [5.74, 6) is -2.26. The Morgan fingerprint density at radius 2 is 2.10 bits per heavy atom. The lowest BCUT2D eigenvalue weighted by molar-refractivity contribution is 0.0692. The first kappa shape index (κ1) is 15.9. The van der Waals surface area contributed by atoms with Gasteiger partial charge in [0.25, 0.3) is 0 Å². The number of amides is 2. The molecule has 0 spiro atoms. The maximum atomic E-state index is 13.4. The van der Waals surface area contributed by atoms with Gasteiger partial charge in [-0.3, -0.25) is 0 Å². The van der Waals surface area contributed by atoms with Crippen LogP contribution < -0.4 is 10.6 Å². The molecule has 0 atom stereocenters. The van der Waals surface area contributed by atoms with E-state index in [2.05, 4.69) is 10.6 Å². The number of hydrogen-bond acceptors (Lipinski definition) is 3. The molecule has 0 saturated heterocycles. The van der Waals surface area contributed by atoms with Crippen LogP contribution in [-0.2, 0) is 4.74 Å². The van der Waals surface area contributed by atoms with Crippen molar-refractivity contribution in [2.45, 2.75) is 20.0 Å². The Bertz CT molecular complexity index is 491. The Labute approximate surface area is 115 Å². The van der Waals surface area contributed by atoms with E-state index in [4.69, 9.17) is 9.84 Å². The number of urea groups is 1. The predicted molar refractivity (Wildman–Crippen MR) is 71.5 cm³/mol. The maximum Gasteiger partial charge on any atom is 0.338 e. The van der Waals surface area contributed by atoms with Crippen molar-refractivity contribution in [3.63, 3.8) is 0 Å². The Hall–Kier alpha value is -2.15. The number of benzene rings is 1. The SMILES string of the molecule is CC(C)OCCNC(=O)Nc1ccc(C(=O)O)c(F)c1. The maximum absolute atomic E-state index is 13.4. The van der Waals surface area contributed by atoms with Crippen molar-refractivity contribution < 1.29 is 23.8 Å². The van der Waals surface area contributed by atoms with Crippen molar-refractivity contribution in [3.8, 4) is 0 Å². The molecule has 0 saturated carbocycles. The van der Waals surface area contributed by atoms with Gasteiger partial charge in [-0.2, -0.15) is 0 Å². The van der Waals surface area contributed by atoms with Crippen LogP contribution in [0.1, 0.15) is 24.2 Å². The summed E-state index contributed by atoms with van der Waals surface area (Å²) in [5, 5.41) is 13.6. The average molecular weight is 284 g/mol. The Morgan fingerprint density at radius 3 is 2.65 bits per heavy atom. The number of halogens is 1. The summed E-state index contributed by atoms with van der Waals surface area (Å²) in [6, 6.07) is 2.85. The average Bonchev–Trinajstić information content (AvgIpc) is 2.34. The number of nitrogens with one attached hydrogen (secondary N) is 2. The van der Waals surface area contributed by atoms with E-state index in [0.29, 0.717) is 13.2 Å². The summed E-state index contributed by atoms with van der Waals surface area (Å²) in [5.41, 5.74) is -0.268. The summed E-state index contributed by atoms with van der Waals surface area (Å²) >= 11 is 0. The molecule has 20 heavy (non-hydrogen) atoms. The van der Waals surface area contributed by atoms with Crippen LogP contribution in [0.5, 0.6) is 0 Å². The molecule has 0 fully saturated rings. The Kier molecular flexibility index (Phi) is 5.92. The lowest BCUT2D eigenvalue weighted by Crippen LogP contribution is -2.32. The number of anilines is 1. The van der Waals surface area contributed by atoms with Crippen LogP contribution in [0.2, 0.25) is 0 Å². The smallest absolute Gasteiger partial charge is 0.338 e. The van der Waals surface area contributed by atoms with Crippen molar-refractivity contribution in [1.82, 2.24) is 5.32 Å². The van der Waals surface area contributed by atoms with Crippen LogP contribution in [-0.4, -0.2) is 36.4 Å². The molecule has 0 aliphatic heterocycles. The minimum atomic E-state index is -1.36. The molecule has 0 aliphatic carbocycles. The number of hydrogen-bond donors (Lipinski definition) is 3. The second-order valence-corrected chi connectivity index (χ2v) is 4.30. The predicted octanol–water partition coefficient (Wildman–Crippen LogP) is 2.07. The van der Waals surface area contributed by atoms with E-state index in [0.717, 1.165) is 12.1 Å². The monoisotopic (exact) mass is 284 g/mol. The number of aromatic carboxylic acids is 1. The van der Waals surface area contributed by atoms with E-state index in [1.165, 1.54) is 6.07 Å². The van der Waals surface area contributed by atoms with E-state index >= 15 is 0 Å². The van der Waals surface area contributed by atoms with Gasteiger partial charge in [-0.25, -0.2) is 14.0 Å². The standard InChI is InChI=1S/C13H17FN2O4/c1-8(2)20-6-5-15-13(19)16-9-3-4-10(12(17)18)11(14)7-9/h3-4,7-8H,5-6H2,1-2H3,(H,17,18)(H2,15,16,19). The highest BCUT2D eigenvalue weighted by molar-refractivity contribution is 5.91. The minimum absolute atomic E-state index is 0.0810. The summed E-state index contributed by atoms with van der Waals surface area (Å²) in [7, 11) is 0. The third kappa shape index (κ3) is 5.23. The first-order chi connectivity index (χ1) is 9.40. The molecule has 7 heteroatoms. The molecular weight excluding hydrogens is 267 g/mol. The zero-order valence-electron chi connectivity index (χ0n) is 11.3. The van der Waals surface area contributed by atoms with Crippen LogP contribution in [0.25, 0.3) is 0 Å². The molecule has 0 bridgehead atoms.